The van der Waals surface area contributed by atoms with Gasteiger partial charge in [0, 0.05) is 18.0 Å². The third kappa shape index (κ3) is 8.03. The summed E-state index contributed by atoms with van der Waals surface area (Å²) in [6.07, 6.45) is 8.75. The van der Waals surface area contributed by atoms with E-state index < -0.39 is 11.9 Å². The number of benzene rings is 3. The Morgan fingerprint density at radius 3 is 2.24 bits per heavy atom. The molecule has 0 aliphatic heterocycles. The maximum Gasteiger partial charge on any atom is 0.323 e. The second-order valence-corrected chi connectivity index (χ2v) is 10.6. The number of aryl methyl sites for hydroxylation is 3. The number of aliphatic carboxylic acids is 2. The van der Waals surface area contributed by atoms with E-state index in [2.05, 4.69) is 32.9 Å². The highest BCUT2D eigenvalue weighted by atomic mass is 16.5. The number of ether oxygens (including phenoxy) is 2. The summed E-state index contributed by atoms with van der Waals surface area (Å²) in [7, 11) is 0. The molecule has 4 rings (SSSR count). The fourth-order valence-electron chi connectivity index (χ4n) is 5.07. The first-order chi connectivity index (χ1) is 20.2. The van der Waals surface area contributed by atoms with Crippen molar-refractivity contribution in [2.24, 2.45) is 0 Å². The number of nitrogens with zero attached hydrogens (tertiary/aromatic N) is 1. The molecule has 3 aromatic carbocycles. The van der Waals surface area contributed by atoms with Crippen molar-refractivity contribution in [3.05, 3.63) is 94.2 Å². The third-order valence-corrected chi connectivity index (χ3v) is 7.42. The quantitative estimate of drug-likeness (QED) is 0.114. The molecule has 4 aromatic rings. The maximum absolute atomic E-state index is 11.5. The van der Waals surface area contributed by atoms with Crippen LogP contribution in [-0.4, -0.2) is 39.9 Å². The van der Waals surface area contributed by atoms with E-state index in [4.69, 9.17) is 14.6 Å². The fraction of sp³-hybridized carbons (Fsp3) is 0.314. The SMILES string of the molecule is Cc1ccc(C)c(OCCCCOc2ccc(C=Cc3cccc4c(CCCC(=O)O)cn(CC(=O)O)c34)cc2)c1C. The number of fused-ring (bicyclic) bond motifs is 1. The van der Waals surface area contributed by atoms with Crippen LogP contribution >= 0.6 is 0 Å². The second kappa shape index (κ2) is 14.4. The number of hydrogen-bond donors (Lipinski definition) is 2. The highest BCUT2D eigenvalue weighted by Gasteiger charge is 2.14. The molecule has 0 saturated carbocycles. The molecule has 7 heteroatoms. The minimum atomic E-state index is -0.928. The fourth-order valence-corrected chi connectivity index (χ4v) is 5.07. The highest BCUT2D eigenvalue weighted by molar-refractivity contribution is 5.94. The number of carboxylic acid groups (broad SMARTS) is 2. The van der Waals surface area contributed by atoms with Crippen LogP contribution in [0.15, 0.2) is 60.8 Å². The molecule has 220 valence electrons. The Labute approximate surface area is 247 Å². The zero-order chi connectivity index (χ0) is 30.1. The van der Waals surface area contributed by atoms with E-state index >= 15 is 0 Å². The van der Waals surface area contributed by atoms with Crippen molar-refractivity contribution >= 4 is 35.0 Å². The summed E-state index contributed by atoms with van der Waals surface area (Å²) in [6.45, 7) is 7.38. The number of hydrogen-bond acceptors (Lipinski definition) is 4. The third-order valence-electron chi connectivity index (χ3n) is 7.42. The first-order valence-electron chi connectivity index (χ1n) is 14.4. The Hall–Kier alpha value is -4.52. The molecule has 0 atom stereocenters. The molecule has 0 aliphatic rings. The standard InChI is InChI=1S/C35H39NO6/c1-24-12-13-25(2)35(26(24)3)42-21-5-4-20-41-30-18-15-27(16-19-30)14-17-28-8-6-10-31-29(9-7-11-32(37)38)22-36(34(28)31)23-33(39)40/h6,8,10,12-19,22H,4-5,7,9,11,20-21,23H2,1-3H3,(H,37,38)(H,39,40). The van der Waals surface area contributed by atoms with Crippen molar-refractivity contribution in [3.8, 4) is 11.5 Å². The van der Waals surface area contributed by atoms with E-state index in [0.717, 1.165) is 57.5 Å². The predicted molar refractivity (Wildman–Crippen MR) is 166 cm³/mol. The molecular weight excluding hydrogens is 530 g/mol. The lowest BCUT2D eigenvalue weighted by atomic mass is 10.0. The lowest BCUT2D eigenvalue weighted by Gasteiger charge is -2.14. The Bertz CT molecular complexity index is 1560. The number of aromatic nitrogens is 1. The van der Waals surface area contributed by atoms with E-state index in [1.807, 2.05) is 60.8 Å². The monoisotopic (exact) mass is 569 g/mol. The van der Waals surface area contributed by atoms with Crippen molar-refractivity contribution in [2.75, 3.05) is 13.2 Å². The van der Waals surface area contributed by atoms with Crippen LogP contribution in [-0.2, 0) is 22.6 Å². The van der Waals surface area contributed by atoms with Gasteiger partial charge < -0.3 is 24.3 Å². The first-order valence-corrected chi connectivity index (χ1v) is 14.4. The van der Waals surface area contributed by atoms with Crippen LogP contribution in [0.25, 0.3) is 23.1 Å². The van der Waals surface area contributed by atoms with Gasteiger partial charge in [-0.15, -0.1) is 0 Å². The van der Waals surface area contributed by atoms with Gasteiger partial charge in [0.2, 0.25) is 0 Å². The minimum absolute atomic E-state index is 0.0762. The average molecular weight is 570 g/mol. The molecule has 1 aromatic heterocycles. The van der Waals surface area contributed by atoms with E-state index in [9.17, 15) is 14.7 Å². The topological polar surface area (TPSA) is 98.0 Å². The molecule has 0 fully saturated rings. The summed E-state index contributed by atoms with van der Waals surface area (Å²) < 4.78 is 13.7. The van der Waals surface area contributed by atoms with E-state index in [1.54, 1.807) is 4.57 Å². The van der Waals surface area contributed by atoms with Gasteiger partial charge in [-0.25, -0.2) is 0 Å². The first kappa shape index (κ1) is 30.4. The predicted octanol–water partition coefficient (Wildman–Crippen LogP) is 7.47. The molecule has 0 amide bonds. The zero-order valence-electron chi connectivity index (χ0n) is 24.6. The van der Waals surface area contributed by atoms with Crippen molar-refractivity contribution in [3.63, 3.8) is 0 Å². The maximum atomic E-state index is 11.5. The summed E-state index contributed by atoms with van der Waals surface area (Å²) in [4.78, 5) is 22.5. The van der Waals surface area contributed by atoms with E-state index in [0.29, 0.717) is 26.1 Å². The number of carboxylic acids is 2. The summed E-state index contributed by atoms with van der Waals surface area (Å²) in [5.74, 6) is 0.0317. The smallest absolute Gasteiger partial charge is 0.323 e. The van der Waals surface area contributed by atoms with Crippen LogP contribution in [0.3, 0.4) is 0 Å². The summed E-state index contributed by atoms with van der Waals surface area (Å²) in [5, 5.41) is 19.4. The Kier molecular flexibility index (Phi) is 10.4. The summed E-state index contributed by atoms with van der Waals surface area (Å²) >= 11 is 0. The average Bonchev–Trinajstić information content (AvgIpc) is 3.30. The molecule has 1 heterocycles. The van der Waals surface area contributed by atoms with Crippen molar-refractivity contribution < 1.29 is 29.3 Å². The van der Waals surface area contributed by atoms with Crippen molar-refractivity contribution in [1.29, 1.82) is 0 Å². The van der Waals surface area contributed by atoms with E-state index in [-0.39, 0.29) is 13.0 Å². The summed E-state index contributed by atoms with van der Waals surface area (Å²) in [6, 6.07) is 18.0. The molecule has 0 bridgehead atoms. The highest BCUT2D eigenvalue weighted by Crippen LogP contribution is 2.28. The van der Waals surface area contributed by atoms with Gasteiger partial charge in [0.1, 0.15) is 18.0 Å². The number of carbonyl (C=O) groups is 2. The lowest BCUT2D eigenvalue weighted by Crippen LogP contribution is -2.07. The van der Waals surface area contributed by atoms with Crippen molar-refractivity contribution in [2.45, 2.75) is 59.4 Å². The molecule has 0 radical (unpaired) electrons. The molecule has 0 spiro atoms. The molecule has 42 heavy (non-hydrogen) atoms. The van der Waals surface area contributed by atoms with Crippen LogP contribution in [0.5, 0.6) is 11.5 Å². The van der Waals surface area contributed by atoms with Gasteiger partial charge >= 0.3 is 11.9 Å². The molecule has 0 unspecified atom stereocenters. The van der Waals surface area contributed by atoms with Gasteiger partial charge in [0.15, 0.2) is 0 Å². The van der Waals surface area contributed by atoms with E-state index in [1.165, 1.54) is 11.1 Å². The van der Waals surface area contributed by atoms with Crippen molar-refractivity contribution in [1.82, 2.24) is 4.57 Å². The lowest BCUT2D eigenvalue weighted by molar-refractivity contribution is -0.138. The van der Waals surface area contributed by atoms with Gasteiger partial charge in [0.05, 0.1) is 18.7 Å². The number of rotatable bonds is 15. The Morgan fingerprint density at radius 2 is 1.52 bits per heavy atom. The largest absolute Gasteiger partial charge is 0.494 e. The van der Waals surface area contributed by atoms with Gasteiger partial charge in [0.25, 0.3) is 0 Å². The van der Waals surface area contributed by atoms with Gasteiger partial charge in [-0.3, -0.25) is 9.59 Å². The zero-order valence-corrected chi connectivity index (χ0v) is 24.6. The van der Waals surface area contributed by atoms with Gasteiger partial charge in [-0.05, 0) is 92.0 Å². The number of para-hydroxylation sites is 1. The Morgan fingerprint density at radius 1 is 0.810 bits per heavy atom. The van der Waals surface area contributed by atoms with Gasteiger partial charge in [-0.1, -0.05) is 54.6 Å². The molecule has 2 N–H and O–H groups in total. The van der Waals surface area contributed by atoms with Crippen LogP contribution in [0, 0.1) is 20.8 Å². The Balaban J connectivity index is 1.34. The van der Waals surface area contributed by atoms with Crippen LogP contribution < -0.4 is 9.47 Å². The van der Waals surface area contributed by atoms with Crippen LogP contribution in [0.1, 0.15) is 59.1 Å². The minimum Gasteiger partial charge on any atom is -0.494 e. The molecule has 0 aliphatic carbocycles. The molecule has 7 nitrogen and oxygen atoms in total. The summed E-state index contributed by atoms with van der Waals surface area (Å²) in [5.41, 5.74) is 7.28. The van der Waals surface area contributed by atoms with Crippen LogP contribution in [0.4, 0.5) is 0 Å². The second-order valence-electron chi connectivity index (χ2n) is 10.6. The van der Waals surface area contributed by atoms with Crippen LogP contribution in [0.2, 0.25) is 0 Å². The van der Waals surface area contributed by atoms with Gasteiger partial charge in [-0.2, -0.15) is 0 Å². The number of unbranched alkanes of at least 4 members (excludes halogenated alkanes) is 1. The molecular formula is C35H39NO6. The molecule has 0 saturated heterocycles. The normalized spacial score (nSPS) is 11.3.